The first-order valence-electron chi connectivity index (χ1n) is 7.52. The van der Waals surface area contributed by atoms with Gasteiger partial charge < -0.3 is 19.3 Å². The van der Waals surface area contributed by atoms with E-state index >= 15 is 0 Å². The summed E-state index contributed by atoms with van der Waals surface area (Å²) in [5.74, 6) is -0.411. The van der Waals surface area contributed by atoms with E-state index in [2.05, 4.69) is 10.5 Å². The Morgan fingerprint density at radius 3 is 2.44 bits per heavy atom. The fraction of sp³-hybridized carbons (Fsp3) is 0.176. The Hall–Kier alpha value is -3.82. The Kier molecular flexibility index (Phi) is 6.15. The summed E-state index contributed by atoms with van der Waals surface area (Å²) in [7, 11) is 4.16. The smallest absolute Gasteiger partial charge is 0.315 e. The molecule has 0 fully saturated rings. The van der Waals surface area contributed by atoms with Crippen molar-refractivity contribution in [2.45, 2.75) is 0 Å². The van der Waals surface area contributed by atoms with Gasteiger partial charge in [0.15, 0.2) is 5.75 Å². The number of aromatic hydroxyl groups is 1. The lowest BCUT2D eigenvalue weighted by Crippen LogP contribution is -2.18. The first-order chi connectivity index (χ1) is 12.9. The standard InChI is InChI=1S/C17H17N3O7/c1-25-11-4-5-12(14(8-11)26-2)17(22)19-18-9-10-6-13(20(23)24)16(21)15(7-10)27-3/h4-9,21H,1-3H3,(H,19,22). The van der Waals surface area contributed by atoms with E-state index in [-0.39, 0.29) is 16.9 Å². The zero-order chi connectivity index (χ0) is 20.0. The molecule has 2 aromatic carbocycles. The summed E-state index contributed by atoms with van der Waals surface area (Å²) in [5, 5.41) is 24.5. The molecule has 0 aliphatic rings. The quantitative estimate of drug-likeness (QED) is 0.430. The molecule has 0 spiro atoms. The van der Waals surface area contributed by atoms with Gasteiger partial charge in [0.05, 0.1) is 38.0 Å². The number of phenolic OH excluding ortho intramolecular Hbond substituents is 1. The van der Waals surface area contributed by atoms with Gasteiger partial charge in [-0.25, -0.2) is 5.43 Å². The highest BCUT2D eigenvalue weighted by Gasteiger charge is 2.19. The summed E-state index contributed by atoms with van der Waals surface area (Å²) in [6, 6.07) is 7.09. The van der Waals surface area contributed by atoms with Crippen LogP contribution in [0.4, 0.5) is 5.69 Å². The van der Waals surface area contributed by atoms with Gasteiger partial charge in [-0.15, -0.1) is 0 Å². The minimum Gasteiger partial charge on any atom is -0.500 e. The summed E-state index contributed by atoms with van der Waals surface area (Å²) in [5.41, 5.74) is 2.23. The van der Waals surface area contributed by atoms with Gasteiger partial charge in [-0.1, -0.05) is 0 Å². The first-order valence-corrected chi connectivity index (χ1v) is 7.52. The highest BCUT2D eigenvalue weighted by Crippen LogP contribution is 2.36. The monoisotopic (exact) mass is 375 g/mol. The van der Waals surface area contributed by atoms with Crippen molar-refractivity contribution in [2.75, 3.05) is 21.3 Å². The number of nitro benzene ring substituents is 1. The molecule has 0 unspecified atom stereocenters. The Labute approximate surface area is 154 Å². The normalized spacial score (nSPS) is 10.5. The summed E-state index contributed by atoms with van der Waals surface area (Å²) in [6.07, 6.45) is 1.18. The Morgan fingerprint density at radius 1 is 1.15 bits per heavy atom. The van der Waals surface area contributed by atoms with Crippen LogP contribution >= 0.6 is 0 Å². The first kappa shape index (κ1) is 19.5. The molecule has 2 N–H and O–H groups in total. The number of nitro groups is 1. The van der Waals surface area contributed by atoms with Gasteiger partial charge in [0, 0.05) is 17.7 Å². The van der Waals surface area contributed by atoms with Gasteiger partial charge in [0.2, 0.25) is 5.75 Å². The molecule has 27 heavy (non-hydrogen) atoms. The van der Waals surface area contributed by atoms with E-state index in [0.717, 1.165) is 6.07 Å². The van der Waals surface area contributed by atoms with Crippen LogP contribution in [0.15, 0.2) is 35.4 Å². The zero-order valence-corrected chi connectivity index (χ0v) is 14.8. The number of phenols is 1. The number of hydrogen-bond acceptors (Lipinski definition) is 8. The summed E-state index contributed by atoms with van der Waals surface area (Å²) in [6.45, 7) is 0. The number of nitrogens with one attached hydrogen (secondary N) is 1. The van der Waals surface area contributed by atoms with Gasteiger partial charge in [-0.3, -0.25) is 14.9 Å². The number of carbonyl (C=O) groups is 1. The molecule has 0 radical (unpaired) electrons. The third-order valence-electron chi connectivity index (χ3n) is 3.53. The summed E-state index contributed by atoms with van der Waals surface area (Å²) in [4.78, 5) is 22.5. The number of carbonyl (C=O) groups excluding carboxylic acids is 1. The maximum Gasteiger partial charge on any atom is 0.315 e. The third kappa shape index (κ3) is 4.42. The van der Waals surface area contributed by atoms with E-state index in [1.807, 2.05) is 0 Å². The van der Waals surface area contributed by atoms with Crippen molar-refractivity contribution in [2.24, 2.45) is 5.10 Å². The molecule has 10 heteroatoms. The van der Waals surface area contributed by atoms with Gasteiger partial charge in [-0.05, 0) is 18.2 Å². The van der Waals surface area contributed by atoms with Crippen molar-refractivity contribution < 1.29 is 29.0 Å². The van der Waals surface area contributed by atoms with Crippen LogP contribution in [0.1, 0.15) is 15.9 Å². The Morgan fingerprint density at radius 2 is 1.85 bits per heavy atom. The highest BCUT2D eigenvalue weighted by molar-refractivity contribution is 5.97. The average molecular weight is 375 g/mol. The summed E-state index contributed by atoms with van der Waals surface area (Å²) < 4.78 is 15.1. The fourth-order valence-corrected chi connectivity index (χ4v) is 2.19. The van der Waals surface area contributed by atoms with E-state index in [9.17, 15) is 20.0 Å². The fourth-order valence-electron chi connectivity index (χ4n) is 2.19. The van der Waals surface area contributed by atoms with E-state index in [1.165, 1.54) is 39.7 Å². The highest BCUT2D eigenvalue weighted by atomic mass is 16.6. The SMILES string of the molecule is COc1ccc(C(=O)NN=Cc2cc(OC)c(O)c([N+](=O)[O-])c2)c(OC)c1. The van der Waals surface area contributed by atoms with Crippen LogP contribution in [0.5, 0.6) is 23.0 Å². The molecule has 0 heterocycles. The van der Waals surface area contributed by atoms with Crippen molar-refractivity contribution in [1.29, 1.82) is 0 Å². The molecule has 10 nitrogen and oxygen atoms in total. The zero-order valence-electron chi connectivity index (χ0n) is 14.8. The lowest BCUT2D eigenvalue weighted by atomic mass is 10.2. The lowest BCUT2D eigenvalue weighted by molar-refractivity contribution is -0.386. The van der Waals surface area contributed by atoms with Crippen molar-refractivity contribution >= 4 is 17.8 Å². The maximum absolute atomic E-state index is 12.2. The van der Waals surface area contributed by atoms with E-state index in [1.54, 1.807) is 12.1 Å². The molecule has 2 aromatic rings. The summed E-state index contributed by atoms with van der Waals surface area (Å²) >= 11 is 0. The second-order valence-electron chi connectivity index (χ2n) is 5.11. The number of amides is 1. The number of hydrogen-bond donors (Lipinski definition) is 2. The van der Waals surface area contributed by atoms with Crippen LogP contribution in [-0.4, -0.2) is 43.5 Å². The van der Waals surface area contributed by atoms with Gasteiger partial charge in [-0.2, -0.15) is 5.10 Å². The van der Waals surface area contributed by atoms with Crippen LogP contribution in [0.3, 0.4) is 0 Å². The van der Waals surface area contributed by atoms with Crippen molar-refractivity contribution in [3.8, 4) is 23.0 Å². The molecule has 0 aliphatic heterocycles. The average Bonchev–Trinajstić information content (AvgIpc) is 2.67. The number of hydrazone groups is 1. The van der Waals surface area contributed by atoms with Gasteiger partial charge in [0.1, 0.15) is 11.5 Å². The second kappa shape index (κ2) is 8.52. The van der Waals surface area contributed by atoms with Crippen molar-refractivity contribution in [3.05, 3.63) is 51.6 Å². The van der Waals surface area contributed by atoms with Gasteiger partial charge in [0.25, 0.3) is 5.91 Å². The second-order valence-corrected chi connectivity index (χ2v) is 5.11. The largest absolute Gasteiger partial charge is 0.500 e. The number of nitrogens with zero attached hydrogens (tertiary/aromatic N) is 2. The predicted octanol–water partition coefficient (Wildman–Crippen LogP) is 2.09. The van der Waals surface area contributed by atoms with Crippen LogP contribution in [0.25, 0.3) is 0 Å². The molecular weight excluding hydrogens is 358 g/mol. The Balaban J connectivity index is 2.21. The van der Waals surface area contributed by atoms with Crippen LogP contribution in [-0.2, 0) is 0 Å². The Bertz CT molecular complexity index is 896. The van der Waals surface area contributed by atoms with Crippen LogP contribution < -0.4 is 19.6 Å². The molecule has 0 aliphatic carbocycles. The minimum atomic E-state index is -0.754. The molecule has 0 saturated heterocycles. The molecule has 142 valence electrons. The molecule has 2 rings (SSSR count). The topological polar surface area (TPSA) is 133 Å². The van der Waals surface area contributed by atoms with E-state index in [0.29, 0.717) is 11.5 Å². The molecular formula is C17H17N3O7. The third-order valence-corrected chi connectivity index (χ3v) is 3.53. The number of methoxy groups -OCH3 is 3. The number of ether oxygens (including phenoxy) is 3. The molecule has 0 bridgehead atoms. The number of benzene rings is 2. The lowest BCUT2D eigenvalue weighted by Gasteiger charge is -2.09. The van der Waals surface area contributed by atoms with E-state index < -0.39 is 22.3 Å². The van der Waals surface area contributed by atoms with Crippen molar-refractivity contribution in [3.63, 3.8) is 0 Å². The van der Waals surface area contributed by atoms with Crippen LogP contribution in [0.2, 0.25) is 0 Å². The predicted molar refractivity (Wildman–Crippen MR) is 95.9 cm³/mol. The minimum absolute atomic E-state index is 0.0891. The molecule has 1 amide bonds. The molecule has 0 aromatic heterocycles. The number of rotatable bonds is 7. The van der Waals surface area contributed by atoms with Crippen molar-refractivity contribution in [1.82, 2.24) is 5.43 Å². The molecule has 0 saturated carbocycles. The maximum atomic E-state index is 12.2. The molecule has 0 atom stereocenters. The van der Waals surface area contributed by atoms with Gasteiger partial charge >= 0.3 is 5.69 Å². The van der Waals surface area contributed by atoms with E-state index in [4.69, 9.17) is 14.2 Å². The van der Waals surface area contributed by atoms with Crippen LogP contribution in [0, 0.1) is 10.1 Å².